The first-order valence-corrected chi connectivity index (χ1v) is 5.50. The molecular formula is C13H8ClFN2O. The Morgan fingerprint density at radius 3 is 2.83 bits per heavy atom. The second kappa shape index (κ2) is 5.48. The van der Waals surface area contributed by atoms with Crippen molar-refractivity contribution in [2.75, 3.05) is 0 Å². The normalized spacial score (nSPS) is 9.83. The highest BCUT2D eigenvalue weighted by atomic mass is 35.5. The highest BCUT2D eigenvalue weighted by Crippen LogP contribution is 2.16. The van der Waals surface area contributed by atoms with E-state index in [0.29, 0.717) is 22.0 Å². The third-order valence-corrected chi connectivity index (χ3v) is 2.51. The van der Waals surface area contributed by atoms with Crippen molar-refractivity contribution in [1.29, 1.82) is 5.26 Å². The van der Waals surface area contributed by atoms with E-state index in [1.807, 2.05) is 6.07 Å². The van der Waals surface area contributed by atoms with Gasteiger partial charge in [0.15, 0.2) is 0 Å². The zero-order valence-corrected chi connectivity index (χ0v) is 9.99. The highest BCUT2D eigenvalue weighted by Gasteiger charge is 2.05. The van der Waals surface area contributed by atoms with Gasteiger partial charge in [0.2, 0.25) is 0 Å². The Morgan fingerprint density at radius 2 is 2.17 bits per heavy atom. The lowest BCUT2D eigenvalue weighted by Crippen LogP contribution is -1.99. The molecule has 0 saturated heterocycles. The number of pyridine rings is 1. The van der Waals surface area contributed by atoms with Crippen LogP contribution < -0.4 is 4.74 Å². The Kier molecular flexibility index (Phi) is 3.75. The number of benzene rings is 1. The molecule has 1 aromatic carbocycles. The summed E-state index contributed by atoms with van der Waals surface area (Å²) in [5, 5.41) is 9.25. The lowest BCUT2D eigenvalue weighted by Gasteiger charge is -2.07. The van der Waals surface area contributed by atoms with Gasteiger partial charge in [-0.15, -0.1) is 0 Å². The fourth-order valence-electron chi connectivity index (χ4n) is 1.40. The Balaban J connectivity index is 2.13. The molecule has 0 fully saturated rings. The average Bonchev–Trinajstić information content (AvgIpc) is 2.38. The molecule has 0 aliphatic rings. The van der Waals surface area contributed by atoms with Crippen molar-refractivity contribution < 1.29 is 9.13 Å². The van der Waals surface area contributed by atoms with Crippen molar-refractivity contribution in [1.82, 2.24) is 4.98 Å². The number of ether oxygens (including phenoxy) is 1. The Labute approximate surface area is 108 Å². The van der Waals surface area contributed by atoms with E-state index >= 15 is 0 Å². The SMILES string of the molecule is N#Cc1ccc(F)cc1COc1ccc(Cl)nc1. The van der Waals surface area contributed by atoms with Gasteiger partial charge in [0, 0.05) is 5.56 Å². The van der Waals surface area contributed by atoms with E-state index < -0.39 is 5.82 Å². The van der Waals surface area contributed by atoms with E-state index in [1.54, 1.807) is 12.1 Å². The molecular weight excluding hydrogens is 255 g/mol. The Morgan fingerprint density at radius 1 is 1.33 bits per heavy atom. The summed E-state index contributed by atoms with van der Waals surface area (Å²) < 4.78 is 18.5. The number of aromatic nitrogens is 1. The van der Waals surface area contributed by atoms with E-state index in [9.17, 15) is 4.39 Å². The summed E-state index contributed by atoms with van der Waals surface area (Å²) in [6.07, 6.45) is 1.47. The van der Waals surface area contributed by atoms with Crippen LogP contribution in [-0.2, 0) is 6.61 Å². The minimum Gasteiger partial charge on any atom is -0.487 e. The van der Waals surface area contributed by atoms with Crippen molar-refractivity contribution in [2.24, 2.45) is 0 Å². The monoisotopic (exact) mass is 262 g/mol. The lowest BCUT2D eigenvalue weighted by atomic mass is 10.1. The zero-order valence-electron chi connectivity index (χ0n) is 9.23. The van der Waals surface area contributed by atoms with Gasteiger partial charge >= 0.3 is 0 Å². The fraction of sp³-hybridized carbons (Fsp3) is 0.0769. The van der Waals surface area contributed by atoms with Crippen LogP contribution in [0.2, 0.25) is 5.15 Å². The maximum absolute atomic E-state index is 13.1. The molecule has 2 aromatic rings. The molecule has 18 heavy (non-hydrogen) atoms. The molecule has 0 saturated carbocycles. The highest BCUT2D eigenvalue weighted by molar-refractivity contribution is 6.29. The first-order valence-electron chi connectivity index (χ1n) is 5.12. The predicted octanol–water partition coefficient (Wildman–Crippen LogP) is 3.32. The smallest absolute Gasteiger partial charge is 0.138 e. The standard InChI is InChI=1S/C13H8ClFN2O/c14-13-4-3-12(7-17-13)18-8-10-5-11(15)2-1-9(10)6-16/h1-5,7H,8H2. The molecule has 0 aliphatic heterocycles. The van der Waals surface area contributed by atoms with Crippen LogP contribution in [-0.4, -0.2) is 4.98 Å². The van der Waals surface area contributed by atoms with Crippen molar-refractivity contribution in [3.05, 3.63) is 58.6 Å². The topological polar surface area (TPSA) is 45.9 Å². The van der Waals surface area contributed by atoms with Crippen LogP contribution in [0.15, 0.2) is 36.5 Å². The summed E-state index contributed by atoms with van der Waals surface area (Å²) in [6, 6.07) is 9.18. The van der Waals surface area contributed by atoms with E-state index in [1.165, 1.54) is 24.4 Å². The third-order valence-electron chi connectivity index (χ3n) is 2.28. The van der Waals surface area contributed by atoms with Gasteiger partial charge in [0.25, 0.3) is 0 Å². The van der Waals surface area contributed by atoms with Crippen molar-refractivity contribution in [2.45, 2.75) is 6.61 Å². The summed E-state index contributed by atoms with van der Waals surface area (Å²) in [4.78, 5) is 3.85. The number of nitriles is 1. The molecule has 90 valence electrons. The van der Waals surface area contributed by atoms with Gasteiger partial charge in [-0.3, -0.25) is 0 Å². The number of nitrogens with zero attached hydrogens (tertiary/aromatic N) is 2. The molecule has 0 bridgehead atoms. The largest absolute Gasteiger partial charge is 0.487 e. The summed E-state index contributed by atoms with van der Waals surface area (Å²) in [6.45, 7) is 0.101. The zero-order chi connectivity index (χ0) is 13.0. The maximum atomic E-state index is 13.1. The van der Waals surface area contributed by atoms with Crippen LogP contribution in [0, 0.1) is 17.1 Å². The van der Waals surface area contributed by atoms with Gasteiger partial charge in [-0.25, -0.2) is 9.37 Å². The van der Waals surface area contributed by atoms with Crippen molar-refractivity contribution in [3.63, 3.8) is 0 Å². The quantitative estimate of drug-likeness (QED) is 0.797. The molecule has 0 aliphatic carbocycles. The molecule has 0 atom stereocenters. The van der Waals surface area contributed by atoms with E-state index in [-0.39, 0.29) is 6.61 Å². The first-order chi connectivity index (χ1) is 8.69. The van der Waals surface area contributed by atoms with Crippen LogP contribution >= 0.6 is 11.6 Å². The van der Waals surface area contributed by atoms with Crippen molar-refractivity contribution >= 4 is 11.6 Å². The number of hydrogen-bond donors (Lipinski definition) is 0. The Bertz CT molecular complexity index is 593. The first kappa shape index (κ1) is 12.3. The molecule has 5 heteroatoms. The Hall–Kier alpha value is -2.12. The lowest BCUT2D eigenvalue weighted by molar-refractivity contribution is 0.304. The molecule has 0 unspecified atom stereocenters. The summed E-state index contributed by atoms with van der Waals surface area (Å²) in [7, 11) is 0. The van der Waals surface area contributed by atoms with Gasteiger partial charge in [-0.05, 0) is 30.3 Å². The summed E-state index contributed by atoms with van der Waals surface area (Å²) in [5.41, 5.74) is 0.880. The second-order valence-corrected chi connectivity index (χ2v) is 3.91. The summed E-state index contributed by atoms with van der Waals surface area (Å²) >= 11 is 5.64. The van der Waals surface area contributed by atoms with E-state index in [4.69, 9.17) is 21.6 Å². The van der Waals surface area contributed by atoms with E-state index in [0.717, 1.165) is 0 Å². The molecule has 0 spiro atoms. The molecule has 0 amide bonds. The van der Waals surface area contributed by atoms with Crippen LogP contribution in [0.25, 0.3) is 0 Å². The van der Waals surface area contributed by atoms with Crippen LogP contribution in [0.3, 0.4) is 0 Å². The van der Waals surface area contributed by atoms with Gasteiger partial charge < -0.3 is 4.74 Å². The fourth-order valence-corrected chi connectivity index (χ4v) is 1.51. The molecule has 2 rings (SSSR count). The maximum Gasteiger partial charge on any atom is 0.138 e. The van der Waals surface area contributed by atoms with E-state index in [2.05, 4.69) is 4.98 Å². The number of halogens is 2. The molecule has 0 N–H and O–H groups in total. The third kappa shape index (κ3) is 2.96. The number of hydrogen-bond acceptors (Lipinski definition) is 3. The van der Waals surface area contributed by atoms with Gasteiger partial charge in [0.1, 0.15) is 23.3 Å². The van der Waals surface area contributed by atoms with Crippen LogP contribution in [0.5, 0.6) is 5.75 Å². The minimum atomic E-state index is -0.401. The molecule has 0 radical (unpaired) electrons. The minimum absolute atomic E-state index is 0.101. The molecule has 1 heterocycles. The average molecular weight is 263 g/mol. The van der Waals surface area contributed by atoms with Crippen molar-refractivity contribution in [3.8, 4) is 11.8 Å². The predicted molar refractivity (Wildman–Crippen MR) is 64.7 cm³/mol. The van der Waals surface area contributed by atoms with Crippen LogP contribution in [0.1, 0.15) is 11.1 Å². The summed E-state index contributed by atoms with van der Waals surface area (Å²) in [5.74, 6) is 0.106. The van der Waals surface area contributed by atoms with Gasteiger partial charge in [-0.1, -0.05) is 11.6 Å². The van der Waals surface area contributed by atoms with Gasteiger partial charge in [-0.2, -0.15) is 5.26 Å². The molecule has 1 aromatic heterocycles. The second-order valence-electron chi connectivity index (χ2n) is 3.52. The van der Waals surface area contributed by atoms with Gasteiger partial charge in [0.05, 0.1) is 17.8 Å². The van der Waals surface area contributed by atoms with Crippen LogP contribution in [0.4, 0.5) is 4.39 Å². The molecule has 3 nitrogen and oxygen atoms in total. The number of rotatable bonds is 3.